The van der Waals surface area contributed by atoms with E-state index in [-0.39, 0.29) is 36.0 Å². The van der Waals surface area contributed by atoms with Gasteiger partial charge in [0.1, 0.15) is 0 Å². The summed E-state index contributed by atoms with van der Waals surface area (Å²) in [6.07, 6.45) is 3.41. The molecule has 1 aromatic carbocycles. The summed E-state index contributed by atoms with van der Waals surface area (Å²) in [7, 11) is 2.85. The fraction of sp³-hybridized carbons (Fsp3) is 0.417. The van der Waals surface area contributed by atoms with Crippen LogP contribution in [0.5, 0.6) is 11.5 Å². The molecule has 0 bridgehead atoms. The Morgan fingerprint density at radius 1 is 1.18 bits per heavy atom. The molecule has 5 rings (SSSR count). The van der Waals surface area contributed by atoms with Gasteiger partial charge in [0.2, 0.25) is 0 Å². The SMILES string of the molecule is COc1cc(Br)cc([C@H]2C3=CCn4c(=O)n(C)c(=O)n4[C@@H]3C[C@H]3C(=O)C=C(C)C(=O)[C@@]23C)c1O. The van der Waals surface area contributed by atoms with E-state index in [1.54, 1.807) is 26.0 Å². The van der Waals surface area contributed by atoms with Gasteiger partial charge in [0.15, 0.2) is 23.1 Å². The van der Waals surface area contributed by atoms with Gasteiger partial charge in [-0.1, -0.05) is 28.9 Å². The summed E-state index contributed by atoms with van der Waals surface area (Å²) in [5.41, 5.74) is -0.622. The van der Waals surface area contributed by atoms with E-state index >= 15 is 0 Å². The summed E-state index contributed by atoms with van der Waals surface area (Å²) < 4.78 is 9.77. The zero-order valence-electron chi connectivity index (χ0n) is 19.2. The number of carbonyl (C=O) groups excluding carboxylic acids is 2. The van der Waals surface area contributed by atoms with Gasteiger partial charge in [-0.3, -0.25) is 9.59 Å². The highest BCUT2D eigenvalue weighted by Crippen LogP contribution is 2.61. The Hall–Kier alpha value is -3.14. The average molecular weight is 530 g/mol. The third kappa shape index (κ3) is 2.77. The molecule has 1 aliphatic heterocycles. The monoisotopic (exact) mass is 529 g/mol. The molecule has 10 heteroatoms. The lowest BCUT2D eigenvalue weighted by Crippen LogP contribution is -2.54. The molecule has 1 N–H and O–H groups in total. The van der Waals surface area contributed by atoms with Crippen molar-refractivity contribution in [2.45, 2.75) is 38.8 Å². The zero-order chi connectivity index (χ0) is 24.7. The van der Waals surface area contributed by atoms with Crippen molar-refractivity contribution in [3.8, 4) is 11.5 Å². The number of hydrogen-bond acceptors (Lipinski definition) is 6. The lowest BCUT2D eigenvalue weighted by molar-refractivity contribution is -0.139. The minimum atomic E-state index is -1.19. The van der Waals surface area contributed by atoms with E-state index < -0.39 is 34.7 Å². The fourth-order valence-corrected chi connectivity index (χ4v) is 6.54. The molecule has 9 nitrogen and oxygen atoms in total. The minimum absolute atomic E-state index is 0.131. The zero-order valence-corrected chi connectivity index (χ0v) is 20.7. The first-order valence-corrected chi connectivity index (χ1v) is 11.7. The predicted molar refractivity (Wildman–Crippen MR) is 126 cm³/mol. The van der Waals surface area contributed by atoms with Crippen molar-refractivity contribution in [2.24, 2.45) is 18.4 Å². The van der Waals surface area contributed by atoms with Gasteiger partial charge in [-0.25, -0.2) is 23.5 Å². The van der Waals surface area contributed by atoms with Crippen LogP contribution in [0.25, 0.3) is 0 Å². The van der Waals surface area contributed by atoms with Crippen LogP contribution < -0.4 is 16.1 Å². The Balaban J connectivity index is 1.84. The second-order valence-electron chi connectivity index (χ2n) is 9.38. The Kier molecular flexibility index (Phi) is 4.95. The summed E-state index contributed by atoms with van der Waals surface area (Å²) in [5.74, 6) is -1.75. The number of rotatable bonds is 2. The van der Waals surface area contributed by atoms with Gasteiger partial charge >= 0.3 is 11.4 Å². The quantitative estimate of drug-likeness (QED) is 0.596. The molecule has 0 spiro atoms. The standard InChI is InChI=1S/C24H24BrN3O6/c1-11-7-17(29)15-10-16-13(5-6-27-22(32)26(3)23(33)28(16)27)19(24(15,2)21(11)31)14-8-12(25)9-18(34-4)20(14)30/h5,7-9,15-16,19,30H,6,10H2,1-4H3/t15-,16+,19+,24+/m0/s1. The number of benzene rings is 1. The van der Waals surface area contributed by atoms with Crippen LogP contribution in [-0.4, -0.2) is 37.7 Å². The van der Waals surface area contributed by atoms with E-state index in [0.717, 1.165) is 10.1 Å². The molecule has 1 saturated carbocycles. The highest BCUT2D eigenvalue weighted by molar-refractivity contribution is 9.10. The van der Waals surface area contributed by atoms with Crippen molar-refractivity contribution in [1.29, 1.82) is 0 Å². The van der Waals surface area contributed by atoms with E-state index in [1.165, 1.54) is 29.6 Å². The number of phenolic OH excluding ortho intramolecular Hbond substituents is 1. The highest BCUT2D eigenvalue weighted by atomic mass is 79.9. The molecule has 1 fully saturated rings. The number of carbonyl (C=O) groups is 2. The van der Waals surface area contributed by atoms with Crippen molar-refractivity contribution in [2.75, 3.05) is 7.11 Å². The van der Waals surface area contributed by atoms with E-state index in [1.807, 2.05) is 6.08 Å². The van der Waals surface area contributed by atoms with Gasteiger partial charge in [0, 0.05) is 28.9 Å². The van der Waals surface area contributed by atoms with Crippen molar-refractivity contribution in [3.05, 3.63) is 66.4 Å². The maximum atomic E-state index is 13.7. The van der Waals surface area contributed by atoms with Gasteiger partial charge in [-0.05, 0) is 42.7 Å². The lowest BCUT2D eigenvalue weighted by atomic mass is 9.51. The maximum absolute atomic E-state index is 13.7. The normalized spacial score (nSPS) is 28.0. The number of ketones is 2. The molecule has 1 aromatic heterocycles. The van der Waals surface area contributed by atoms with Crippen LogP contribution in [0.3, 0.4) is 0 Å². The van der Waals surface area contributed by atoms with Gasteiger partial charge in [-0.2, -0.15) is 0 Å². The molecule has 0 unspecified atom stereocenters. The van der Waals surface area contributed by atoms with E-state index in [9.17, 15) is 24.3 Å². The van der Waals surface area contributed by atoms with Crippen molar-refractivity contribution in [3.63, 3.8) is 0 Å². The fourth-order valence-electron chi connectivity index (χ4n) is 6.08. The first-order valence-electron chi connectivity index (χ1n) is 10.9. The topological polar surface area (TPSA) is 113 Å². The van der Waals surface area contributed by atoms with E-state index in [4.69, 9.17) is 4.74 Å². The second kappa shape index (κ2) is 7.43. The number of hydrogen-bond donors (Lipinski definition) is 1. The Morgan fingerprint density at radius 3 is 2.56 bits per heavy atom. The van der Waals surface area contributed by atoms with Crippen LogP contribution in [0, 0.1) is 11.3 Å². The Labute approximate surface area is 203 Å². The molecule has 0 radical (unpaired) electrons. The van der Waals surface area contributed by atoms with Crippen molar-refractivity contribution >= 4 is 27.5 Å². The third-order valence-electron chi connectivity index (χ3n) is 7.70. The smallest absolute Gasteiger partial charge is 0.347 e. The van der Waals surface area contributed by atoms with E-state index in [2.05, 4.69) is 15.9 Å². The van der Waals surface area contributed by atoms with Crippen LogP contribution in [0.2, 0.25) is 0 Å². The van der Waals surface area contributed by atoms with Gasteiger partial charge < -0.3 is 9.84 Å². The summed E-state index contributed by atoms with van der Waals surface area (Å²) >= 11 is 3.46. The number of aromatic hydroxyl groups is 1. The van der Waals surface area contributed by atoms with Crippen LogP contribution in [0.15, 0.2) is 49.5 Å². The Morgan fingerprint density at radius 2 is 1.88 bits per heavy atom. The first-order chi connectivity index (χ1) is 16.0. The molecule has 0 amide bonds. The molecule has 2 heterocycles. The number of allylic oxidation sites excluding steroid dienone is 4. The number of nitrogens with zero attached hydrogens (tertiary/aromatic N) is 3. The average Bonchev–Trinajstić information content (AvgIpc) is 3.02. The van der Waals surface area contributed by atoms with Gasteiger partial charge in [-0.15, -0.1) is 0 Å². The Bertz CT molecular complexity index is 1460. The van der Waals surface area contributed by atoms with Crippen LogP contribution in [0.1, 0.15) is 37.8 Å². The maximum Gasteiger partial charge on any atom is 0.347 e. The number of Topliss-reactive ketones (excluding diaryl/α,β-unsaturated/α-hetero) is 1. The third-order valence-corrected chi connectivity index (χ3v) is 8.15. The number of fused-ring (bicyclic) bond motifs is 4. The van der Waals surface area contributed by atoms with Crippen LogP contribution >= 0.6 is 15.9 Å². The van der Waals surface area contributed by atoms with Crippen LogP contribution in [0.4, 0.5) is 0 Å². The molecule has 34 heavy (non-hydrogen) atoms. The molecule has 3 aliphatic rings. The molecule has 4 atom stereocenters. The summed E-state index contributed by atoms with van der Waals surface area (Å²) in [6, 6.07) is 2.72. The molecule has 0 saturated heterocycles. The first kappa shape index (κ1) is 22.6. The second-order valence-corrected chi connectivity index (χ2v) is 10.3. The van der Waals surface area contributed by atoms with Gasteiger partial charge in [0.25, 0.3) is 0 Å². The molecular formula is C24H24BrN3O6. The lowest BCUT2D eigenvalue weighted by Gasteiger charge is -2.52. The van der Waals surface area contributed by atoms with Gasteiger partial charge in [0.05, 0.1) is 25.1 Å². The summed E-state index contributed by atoms with van der Waals surface area (Å²) in [5, 5.41) is 11.2. The molecule has 2 aliphatic carbocycles. The number of aromatic nitrogens is 3. The minimum Gasteiger partial charge on any atom is -0.504 e. The number of phenols is 1. The number of halogens is 1. The summed E-state index contributed by atoms with van der Waals surface area (Å²) in [4.78, 5) is 52.6. The number of ether oxygens (including phenoxy) is 1. The highest BCUT2D eigenvalue weighted by Gasteiger charge is 2.60. The van der Waals surface area contributed by atoms with Crippen molar-refractivity contribution in [1.82, 2.24) is 13.9 Å². The predicted octanol–water partition coefficient (Wildman–Crippen LogP) is 2.21. The summed E-state index contributed by atoms with van der Waals surface area (Å²) in [6.45, 7) is 3.53. The number of methoxy groups -OCH3 is 1. The molecule has 178 valence electrons. The largest absolute Gasteiger partial charge is 0.504 e. The van der Waals surface area contributed by atoms with Crippen molar-refractivity contribution < 1.29 is 19.4 Å². The van der Waals surface area contributed by atoms with E-state index in [0.29, 0.717) is 15.6 Å². The molecular weight excluding hydrogens is 506 g/mol. The molecule has 2 aromatic rings. The van der Waals surface area contributed by atoms with Crippen LogP contribution in [-0.2, 0) is 23.2 Å².